The highest BCUT2D eigenvalue weighted by molar-refractivity contribution is 5.83. The number of nitrogens with two attached hydrogens (primary N) is 2. The van der Waals surface area contributed by atoms with Crippen molar-refractivity contribution in [2.75, 3.05) is 18.5 Å². The summed E-state index contributed by atoms with van der Waals surface area (Å²) in [7, 11) is 2.10. The van der Waals surface area contributed by atoms with Gasteiger partial charge in [0.25, 0.3) is 0 Å². The molecule has 1 aliphatic rings. The summed E-state index contributed by atoms with van der Waals surface area (Å²) in [5.74, 6) is -0.0304. The highest BCUT2D eigenvalue weighted by atomic mass is 15.3. The van der Waals surface area contributed by atoms with E-state index in [9.17, 15) is 0 Å². The summed E-state index contributed by atoms with van der Waals surface area (Å²) in [5, 5.41) is 7.34. The van der Waals surface area contributed by atoms with Crippen LogP contribution in [0, 0.1) is 0 Å². The standard InChI is InChI=1S/C11H15N5/c1-16-5-4-9-6-8(2-3-10(9)16)7-14-15-11(12)13/h2-3,6-7H,4-5H2,1H3,(H4,12,13,15). The fraction of sp³-hybridized carbons (Fsp3) is 0.273. The molecule has 0 aromatic heterocycles. The Morgan fingerprint density at radius 2 is 2.25 bits per heavy atom. The molecule has 1 aromatic carbocycles. The lowest BCUT2D eigenvalue weighted by Crippen LogP contribution is -2.21. The second-order valence-corrected chi connectivity index (χ2v) is 3.83. The van der Waals surface area contributed by atoms with Gasteiger partial charge in [0.1, 0.15) is 0 Å². The van der Waals surface area contributed by atoms with Crippen LogP contribution in [0.25, 0.3) is 0 Å². The van der Waals surface area contributed by atoms with Crippen molar-refractivity contribution in [2.45, 2.75) is 6.42 Å². The van der Waals surface area contributed by atoms with E-state index in [0.29, 0.717) is 0 Å². The third-order valence-electron chi connectivity index (χ3n) is 2.61. The van der Waals surface area contributed by atoms with Gasteiger partial charge in [0, 0.05) is 19.3 Å². The van der Waals surface area contributed by atoms with Crippen LogP contribution in [-0.2, 0) is 6.42 Å². The Morgan fingerprint density at radius 1 is 1.44 bits per heavy atom. The Morgan fingerprint density at radius 3 is 3.00 bits per heavy atom. The molecule has 0 saturated heterocycles. The molecule has 1 aromatic rings. The highest BCUT2D eigenvalue weighted by Crippen LogP contribution is 2.26. The Labute approximate surface area is 94.5 Å². The zero-order valence-electron chi connectivity index (χ0n) is 9.22. The molecule has 0 radical (unpaired) electrons. The topological polar surface area (TPSA) is 80.0 Å². The van der Waals surface area contributed by atoms with Crippen LogP contribution >= 0.6 is 0 Å². The number of fused-ring (bicyclic) bond motifs is 1. The van der Waals surface area contributed by atoms with E-state index < -0.39 is 0 Å². The smallest absolute Gasteiger partial charge is 0.211 e. The fourth-order valence-electron chi connectivity index (χ4n) is 1.83. The first-order valence-corrected chi connectivity index (χ1v) is 5.13. The lowest BCUT2D eigenvalue weighted by atomic mass is 10.1. The van der Waals surface area contributed by atoms with E-state index in [1.165, 1.54) is 11.3 Å². The van der Waals surface area contributed by atoms with Gasteiger partial charge in [-0.15, -0.1) is 5.10 Å². The summed E-state index contributed by atoms with van der Waals surface area (Å²) in [6, 6.07) is 6.22. The molecule has 1 aliphatic heterocycles. The molecule has 0 atom stereocenters. The van der Waals surface area contributed by atoms with E-state index in [1.807, 2.05) is 6.07 Å². The van der Waals surface area contributed by atoms with Crippen molar-refractivity contribution >= 4 is 17.9 Å². The number of hydrogen-bond acceptors (Lipinski definition) is 3. The van der Waals surface area contributed by atoms with Crippen LogP contribution in [0.2, 0.25) is 0 Å². The van der Waals surface area contributed by atoms with Gasteiger partial charge in [0.15, 0.2) is 0 Å². The van der Waals surface area contributed by atoms with Crippen LogP contribution in [-0.4, -0.2) is 25.8 Å². The van der Waals surface area contributed by atoms with Gasteiger partial charge >= 0.3 is 0 Å². The van der Waals surface area contributed by atoms with Crippen LogP contribution in [0.4, 0.5) is 5.69 Å². The summed E-state index contributed by atoms with van der Waals surface area (Å²) in [6.45, 7) is 1.07. The van der Waals surface area contributed by atoms with Gasteiger partial charge in [-0.05, 0) is 29.7 Å². The van der Waals surface area contributed by atoms with E-state index in [4.69, 9.17) is 11.5 Å². The first-order chi connectivity index (χ1) is 7.66. The van der Waals surface area contributed by atoms with E-state index in [2.05, 4.69) is 34.3 Å². The molecule has 0 bridgehead atoms. The zero-order chi connectivity index (χ0) is 11.5. The van der Waals surface area contributed by atoms with Crippen LogP contribution < -0.4 is 16.4 Å². The van der Waals surface area contributed by atoms with Gasteiger partial charge in [-0.1, -0.05) is 6.07 Å². The quantitative estimate of drug-likeness (QED) is 0.424. The first-order valence-electron chi connectivity index (χ1n) is 5.13. The number of hydrogen-bond donors (Lipinski definition) is 2. The molecule has 84 valence electrons. The van der Waals surface area contributed by atoms with E-state index in [0.717, 1.165) is 18.5 Å². The zero-order valence-corrected chi connectivity index (χ0v) is 9.22. The molecule has 0 amide bonds. The second kappa shape index (κ2) is 4.22. The lowest BCUT2D eigenvalue weighted by molar-refractivity contribution is 0.956. The van der Waals surface area contributed by atoms with Crippen molar-refractivity contribution in [2.24, 2.45) is 21.7 Å². The van der Waals surface area contributed by atoms with Crippen LogP contribution in [0.15, 0.2) is 28.4 Å². The average Bonchev–Trinajstić information content (AvgIpc) is 2.60. The maximum absolute atomic E-state index is 5.17. The maximum atomic E-state index is 5.17. The summed E-state index contributed by atoms with van der Waals surface area (Å²) >= 11 is 0. The highest BCUT2D eigenvalue weighted by Gasteiger charge is 2.14. The normalized spacial score (nSPS) is 14.2. The monoisotopic (exact) mass is 217 g/mol. The SMILES string of the molecule is CN1CCc2cc(C=NN=C(N)N)ccc21. The maximum Gasteiger partial charge on any atom is 0.211 e. The Hall–Kier alpha value is -2.04. The van der Waals surface area contributed by atoms with Gasteiger partial charge in [-0.25, -0.2) is 0 Å². The molecule has 4 N–H and O–H groups in total. The molecule has 0 saturated carbocycles. The van der Waals surface area contributed by atoms with Crippen molar-refractivity contribution in [3.8, 4) is 0 Å². The minimum Gasteiger partial charge on any atom is -0.374 e. The molecule has 0 fully saturated rings. The van der Waals surface area contributed by atoms with Gasteiger partial charge in [0.2, 0.25) is 5.96 Å². The minimum absolute atomic E-state index is 0.0304. The van der Waals surface area contributed by atoms with E-state index >= 15 is 0 Å². The summed E-state index contributed by atoms with van der Waals surface area (Å²) in [6.07, 6.45) is 2.73. The fourth-order valence-corrected chi connectivity index (χ4v) is 1.83. The predicted octanol–water partition coefficient (Wildman–Crippen LogP) is 0.286. The first kappa shape index (κ1) is 10.5. The van der Waals surface area contributed by atoms with Crippen molar-refractivity contribution in [3.63, 3.8) is 0 Å². The second-order valence-electron chi connectivity index (χ2n) is 3.83. The molecule has 0 unspecified atom stereocenters. The molecule has 0 aliphatic carbocycles. The van der Waals surface area contributed by atoms with Crippen molar-refractivity contribution in [3.05, 3.63) is 29.3 Å². The lowest BCUT2D eigenvalue weighted by Gasteiger charge is -2.11. The van der Waals surface area contributed by atoms with Crippen LogP contribution in [0.1, 0.15) is 11.1 Å². The predicted molar refractivity (Wildman–Crippen MR) is 66.8 cm³/mol. The molecule has 5 heteroatoms. The molecule has 0 spiro atoms. The molecule has 5 nitrogen and oxygen atoms in total. The van der Waals surface area contributed by atoms with Gasteiger partial charge in [-0.3, -0.25) is 0 Å². The summed E-state index contributed by atoms with van der Waals surface area (Å²) in [4.78, 5) is 2.24. The van der Waals surface area contributed by atoms with Crippen molar-refractivity contribution in [1.82, 2.24) is 0 Å². The molecule has 2 rings (SSSR count). The molecular formula is C11H15N5. The molecule has 1 heterocycles. The Kier molecular flexibility index (Phi) is 2.76. The average molecular weight is 217 g/mol. The van der Waals surface area contributed by atoms with Crippen LogP contribution in [0.5, 0.6) is 0 Å². The van der Waals surface area contributed by atoms with Gasteiger partial charge < -0.3 is 16.4 Å². The molecular weight excluding hydrogens is 202 g/mol. The van der Waals surface area contributed by atoms with Crippen molar-refractivity contribution < 1.29 is 0 Å². The number of guanidine groups is 1. The van der Waals surface area contributed by atoms with Gasteiger partial charge in [-0.2, -0.15) is 5.10 Å². The Balaban J connectivity index is 2.20. The number of nitrogens with zero attached hydrogens (tertiary/aromatic N) is 3. The van der Waals surface area contributed by atoms with E-state index in [-0.39, 0.29) is 5.96 Å². The summed E-state index contributed by atoms with van der Waals surface area (Å²) in [5.41, 5.74) is 14.0. The largest absolute Gasteiger partial charge is 0.374 e. The third kappa shape index (κ3) is 2.13. The number of benzene rings is 1. The van der Waals surface area contributed by atoms with Gasteiger partial charge in [0.05, 0.1) is 6.21 Å². The number of likely N-dealkylation sites (N-methyl/N-ethyl adjacent to an activating group) is 1. The summed E-state index contributed by atoms with van der Waals surface area (Å²) < 4.78 is 0. The van der Waals surface area contributed by atoms with E-state index in [1.54, 1.807) is 6.21 Å². The van der Waals surface area contributed by atoms with Crippen molar-refractivity contribution in [1.29, 1.82) is 0 Å². The third-order valence-corrected chi connectivity index (χ3v) is 2.61. The van der Waals surface area contributed by atoms with Crippen LogP contribution in [0.3, 0.4) is 0 Å². The molecule has 16 heavy (non-hydrogen) atoms. The number of rotatable bonds is 2. The number of anilines is 1. The minimum atomic E-state index is -0.0304. The Bertz CT molecular complexity index is 446.